The number of benzene rings is 4. The Labute approximate surface area is 333 Å². The van der Waals surface area contributed by atoms with Crippen molar-refractivity contribution < 1.29 is 0 Å². The predicted octanol–water partition coefficient (Wildman–Crippen LogP) is 9.98. The number of aromatic nitrogens is 4. The molecule has 0 atom stereocenters. The number of H-pyrrole nitrogens is 3. The molecule has 0 aliphatic carbocycles. The van der Waals surface area contributed by atoms with Crippen molar-refractivity contribution in [1.82, 2.24) is 19.5 Å². The van der Waals surface area contributed by atoms with Gasteiger partial charge < -0.3 is 19.5 Å². The fraction of sp³-hybridized carbons (Fsp3) is 0. The molecule has 0 radical (unpaired) electrons. The molecule has 4 aromatic carbocycles. The van der Waals surface area contributed by atoms with E-state index in [1.807, 2.05) is 0 Å². The average Bonchev–Trinajstić information content (AvgIpc) is 4.03. The van der Waals surface area contributed by atoms with Crippen LogP contribution < -0.4 is 21.4 Å². The van der Waals surface area contributed by atoms with Gasteiger partial charge in [0.25, 0.3) is 0 Å². The maximum absolute atomic E-state index is 4.29. The van der Waals surface area contributed by atoms with E-state index in [1.165, 1.54) is 0 Å². The molecular formula is C44H28Br4N4. The van der Waals surface area contributed by atoms with Crippen molar-refractivity contribution in [3.63, 3.8) is 0 Å². The first-order valence-corrected chi connectivity index (χ1v) is 19.9. The van der Waals surface area contributed by atoms with Crippen LogP contribution in [0, 0.1) is 0 Å². The normalized spacial score (nSPS) is 12.8. The van der Waals surface area contributed by atoms with Gasteiger partial charge in [0.2, 0.25) is 0 Å². The maximum atomic E-state index is 4.29. The van der Waals surface area contributed by atoms with E-state index in [0.29, 0.717) is 0 Å². The van der Waals surface area contributed by atoms with E-state index < -0.39 is 0 Å². The Morgan fingerprint density at radius 2 is 0.846 bits per heavy atom. The monoisotopic (exact) mass is 928 g/mol. The number of rotatable bonds is 4. The summed E-state index contributed by atoms with van der Waals surface area (Å²) in [4.78, 5) is 11.2. The van der Waals surface area contributed by atoms with Crippen LogP contribution in [0.5, 0.6) is 0 Å². The highest BCUT2D eigenvalue weighted by molar-refractivity contribution is 9.15. The molecule has 0 saturated carbocycles. The number of para-hydroxylation sites is 1. The molecule has 252 valence electrons. The van der Waals surface area contributed by atoms with Gasteiger partial charge in [-0.1, -0.05) is 109 Å². The fourth-order valence-corrected chi connectivity index (χ4v) is 9.23. The van der Waals surface area contributed by atoms with Crippen molar-refractivity contribution in [2.24, 2.45) is 0 Å². The van der Waals surface area contributed by atoms with Gasteiger partial charge in [-0.05, 0) is 123 Å². The van der Waals surface area contributed by atoms with Gasteiger partial charge in [-0.3, -0.25) is 0 Å². The molecule has 0 unspecified atom stereocenters. The molecule has 0 spiro atoms. The van der Waals surface area contributed by atoms with Crippen molar-refractivity contribution in [2.45, 2.75) is 0 Å². The molecule has 9 rings (SSSR count). The maximum Gasteiger partial charge on any atom is 0.0711 e. The summed E-state index contributed by atoms with van der Waals surface area (Å²) >= 11 is 16.4. The predicted molar refractivity (Wildman–Crippen MR) is 229 cm³/mol. The molecule has 8 heteroatoms. The summed E-state index contributed by atoms with van der Waals surface area (Å²) in [7, 11) is 0. The van der Waals surface area contributed by atoms with Gasteiger partial charge in [0, 0.05) is 22.4 Å². The Morgan fingerprint density at radius 3 is 1.40 bits per heavy atom. The lowest BCUT2D eigenvalue weighted by Crippen LogP contribution is -2.28. The van der Waals surface area contributed by atoms with Crippen LogP contribution in [0.3, 0.4) is 0 Å². The Bertz CT molecular complexity index is 2860. The Kier molecular flexibility index (Phi) is 8.79. The van der Waals surface area contributed by atoms with E-state index in [1.54, 1.807) is 0 Å². The molecule has 1 aliphatic heterocycles. The second-order valence-corrected chi connectivity index (χ2v) is 15.7. The second kappa shape index (κ2) is 13.7. The number of fused-ring (bicyclic) bond motifs is 8. The van der Waals surface area contributed by atoms with E-state index in [4.69, 9.17) is 0 Å². The summed E-state index contributed by atoms with van der Waals surface area (Å²) in [6.45, 7) is 0. The quantitative estimate of drug-likeness (QED) is 0.158. The van der Waals surface area contributed by atoms with Crippen LogP contribution in [0.25, 0.3) is 57.0 Å². The third-order valence-electron chi connectivity index (χ3n) is 9.40. The average molecular weight is 932 g/mol. The van der Waals surface area contributed by atoms with E-state index in [2.05, 4.69) is 235 Å². The van der Waals surface area contributed by atoms with Crippen LogP contribution in [0.1, 0.15) is 22.8 Å². The smallest absolute Gasteiger partial charge is 0.0711 e. The van der Waals surface area contributed by atoms with Gasteiger partial charge in [-0.15, -0.1) is 0 Å². The SMILES string of the molecule is BrC1=c2ccc([nH]2)=C(Br)c2cc(-c3ccccc3)c([nH]2)C(Br)=c2c(-c3ccccc3)c(-c3ccccc3)c(n2-c2ccccc2)=C(Br)c2ccc1[nH]2. The lowest BCUT2D eigenvalue weighted by Gasteiger charge is -2.11. The molecule has 0 amide bonds. The van der Waals surface area contributed by atoms with Crippen LogP contribution >= 0.6 is 63.7 Å². The van der Waals surface area contributed by atoms with Crippen molar-refractivity contribution in [3.8, 4) is 39.1 Å². The zero-order valence-corrected chi connectivity index (χ0v) is 33.7. The standard InChI is InChI=1S/C44H28Br4N4/c45-38-31-21-22-33(49-31)39(46)35-25-30(26-13-5-1-6-14-26)42(51-35)41(48)44-37(28-17-9-3-10-18-28)36(27-15-7-2-8-16-27)43(40(47)34-24-23-32(38)50-34)52(44)29-19-11-4-12-20-29/h1-25,49-51H. The lowest BCUT2D eigenvalue weighted by atomic mass is 9.96. The fourth-order valence-electron chi connectivity index (χ4n) is 7.02. The summed E-state index contributed by atoms with van der Waals surface area (Å²) < 4.78 is 6.08. The van der Waals surface area contributed by atoms with Gasteiger partial charge in [-0.25, -0.2) is 0 Å². The second-order valence-electron chi connectivity index (χ2n) is 12.5. The largest absolute Gasteiger partial charge is 0.354 e. The van der Waals surface area contributed by atoms with Crippen molar-refractivity contribution >= 4 is 81.6 Å². The number of aromatic amines is 3. The highest BCUT2D eigenvalue weighted by Crippen LogP contribution is 2.37. The summed E-state index contributed by atoms with van der Waals surface area (Å²) in [6, 6.07) is 53.2. The minimum absolute atomic E-state index is 0.922. The van der Waals surface area contributed by atoms with E-state index in [0.717, 1.165) is 101 Å². The Hall–Kier alpha value is -4.60. The highest BCUT2D eigenvalue weighted by Gasteiger charge is 2.26. The molecule has 0 saturated heterocycles. The molecule has 8 bridgehead atoms. The third kappa shape index (κ3) is 5.69. The van der Waals surface area contributed by atoms with E-state index >= 15 is 0 Å². The van der Waals surface area contributed by atoms with E-state index in [-0.39, 0.29) is 0 Å². The first-order valence-electron chi connectivity index (χ1n) is 16.7. The molecule has 5 heterocycles. The molecule has 4 nitrogen and oxygen atoms in total. The first-order chi connectivity index (χ1) is 25.5. The number of halogens is 4. The topological polar surface area (TPSA) is 52.3 Å². The molecule has 1 aliphatic rings. The van der Waals surface area contributed by atoms with Crippen molar-refractivity contribution in [3.05, 3.63) is 196 Å². The summed E-state index contributed by atoms with van der Waals surface area (Å²) in [5.74, 6) is 0. The van der Waals surface area contributed by atoms with Crippen LogP contribution in [0.4, 0.5) is 0 Å². The van der Waals surface area contributed by atoms with Gasteiger partial charge >= 0.3 is 0 Å². The molecule has 4 aromatic heterocycles. The van der Waals surface area contributed by atoms with Gasteiger partial charge in [-0.2, -0.15) is 0 Å². The van der Waals surface area contributed by atoms with Gasteiger partial charge in [0.05, 0.1) is 62.1 Å². The molecule has 8 aromatic rings. The van der Waals surface area contributed by atoms with Crippen LogP contribution in [-0.2, 0) is 0 Å². The van der Waals surface area contributed by atoms with E-state index in [9.17, 15) is 0 Å². The highest BCUT2D eigenvalue weighted by atomic mass is 79.9. The molecular weight excluding hydrogens is 904 g/mol. The summed E-state index contributed by atoms with van der Waals surface area (Å²) in [6.07, 6.45) is 0. The molecule has 3 N–H and O–H groups in total. The Balaban J connectivity index is 1.59. The minimum atomic E-state index is 0.922. The van der Waals surface area contributed by atoms with Crippen LogP contribution in [0.15, 0.2) is 152 Å². The third-order valence-corrected chi connectivity index (χ3v) is 12.7. The number of nitrogens with zero attached hydrogens (tertiary/aromatic N) is 1. The Morgan fingerprint density at radius 1 is 0.385 bits per heavy atom. The summed E-state index contributed by atoms with van der Waals surface area (Å²) in [5.41, 5.74) is 11.4. The number of hydrogen-bond acceptors (Lipinski definition) is 0. The summed E-state index contributed by atoms with van der Waals surface area (Å²) in [5, 5.41) is 3.94. The van der Waals surface area contributed by atoms with Gasteiger partial charge in [0.15, 0.2) is 0 Å². The van der Waals surface area contributed by atoms with Crippen LogP contribution in [0.2, 0.25) is 0 Å². The lowest BCUT2D eigenvalue weighted by molar-refractivity contribution is 0.992. The number of nitrogens with one attached hydrogen (secondary N) is 3. The first kappa shape index (κ1) is 33.3. The minimum Gasteiger partial charge on any atom is -0.354 e. The van der Waals surface area contributed by atoms with Gasteiger partial charge in [0.1, 0.15) is 0 Å². The number of hydrogen-bond donors (Lipinski definition) is 3. The molecule has 52 heavy (non-hydrogen) atoms. The van der Waals surface area contributed by atoms with Crippen LogP contribution in [-0.4, -0.2) is 19.5 Å². The van der Waals surface area contributed by atoms with Crippen molar-refractivity contribution in [1.29, 1.82) is 0 Å². The molecule has 0 fully saturated rings. The zero-order chi connectivity index (χ0) is 35.3. The van der Waals surface area contributed by atoms with Crippen molar-refractivity contribution in [2.75, 3.05) is 0 Å². The zero-order valence-electron chi connectivity index (χ0n) is 27.4.